The highest BCUT2D eigenvalue weighted by Gasteiger charge is 2.27. The number of hydrogen-bond acceptors (Lipinski definition) is 3. The van der Waals surface area contributed by atoms with Crippen LogP contribution < -0.4 is 0 Å². The predicted octanol–water partition coefficient (Wildman–Crippen LogP) is 0.0160. The lowest BCUT2D eigenvalue weighted by Gasteiger charge is -2.15. The number of carbonyl (C=O) groups excluding carboxylic acids is 1. The molecule has 0 fully saturated rings. The Kier molecular flexibility index (Phi) is 5.47. The molecule has 14 heavy (non-hydrogen) atoms. The molecule has 0 atom stereocenters. The van der Waals surface area contributed by atoms with Gasteiger partial charge in [-0.05, 0) is 0 Å². The molecule has 0 aromatic carbocycles. The van der Waals surface area contributed by atoms with Crippen LogP contribution in [-0.2, 0) is 9.53 Å². The van der Waals surface area contributed by atoms with E-state index in [0.29, 0.717) is 0 Å². The molecule has 7 heteroatoms. The summed E-state index contributed by atoms with van der Waals surface area (Å²) in [7, 11) is 1.37. The molecule has 0 spiro atoms. The normalized spacial score (nSPS) is 11.5. The van der Waals surface area contributed by atoms with E-state index < -0.39 is 25.3 Å². The van der Waals surface area contributed by atoms with E-state index in [2.05, 4.69) is 4.74 Å². The van der Waals surface area contributed by atoms with Gasteiger partial charge in [0.1, 0.15) is 13.2 Å². The number of halogens is 3. The van der Waals surface area contributed by atoms with Crippen LogP contribution in [0.15, 0.2) is 0 Å². The maximum Gasteiger partial charge on any atom is 0.411 e. The molecule has 0 radical (unpaired) electrons. The summed E-state index contributed by atoms with van der Waals surface area (Å²) >= 11 is 0. The van der Waals surface area contributed by atoms with Gasteiger partial charge in [-0.25, -0.2) is 0 Å². The van der Waals surface area contributed by atoms with E-state index in [1.807, 2.05) is 0 Å². The summed E-state index contributed by atoms with van der Waals surface area (Å²) < 4.78 is 38.8. The van der Waals surface area contributed by atoms with Gasteiger partial charge in [-0.15, -0.1) is 0 Å². The molecule has 0 saturated heterocycles. The van der Waals surface area contributed by atoms with E-state index >= 15 is 0 Å². The summed E-state index contributed by atoms with van der Waals surface area (Å²) in [6, 6.07) is 0. The largest absolute Gasteiger partial charge is 0.411 e. The Morgan fingerprint density at radius 3 is 2.50 bits per heavy atom. The van der Waals surface area contributed by atoms with E-state index in [-0.39, 0.29) is 13.2 Å². The molecule has 84 valence electrons. The van der Waals surface area contributed by atoms with Gasteiger partial charge in [0.05, 0.1) is 6.61 Å². The first-order chi connectivity index (χ1) is 6.37. The fourth-order valence-corrected chi connectivity index (χ4v) is 0.639. The topological polar surface area (TPSA) is 49.8 Å². The summed E-state index contributed by atoms with van der Waals surface area (Å²) in [4.78, 5) is 12.0. The van der Waals surface area contributed by atoms with E-state index in [0.717, 1.165) is 4.90 Å². The molecule has 0 rings (SSSR count). The van der Waals surface area contributed by atoms with Crippen LogP contribution in [0.1, 0.15) is 0 Å². The number of ether oxygens (including phenoxy) is 1. The van der Waals surface area contributed by atoms with Crippen LogP contribution in [0.5, 0.6) is 0 Å². The SMILES string of the molecule is CN(CCO)C(=O)COCC(F)(F)F. The molecule has 0 aliphatic rings. The van der Waals surface area contributed by atoms with Crippen molar-refractivity contribution < 1.29 is 27.8 Å². The van der Waals surface area contributed by atoms with Crippen molar-refractivity contribution in [2.24, 2.45) is 0 Å². The van der Waals surface area contributed by atoms with Crippen LogP contribution in [0.25, 0.3) is 0 Å². The van der Waals surface area contributed by atoms with Crippen molar-refractivity contribution >= 4 is 5.91 Å². The van der Waals surface area contributed by atoms with Gasteiger partial charge >= 0.3 is 6.18 Å². The number of amides is 1. The third-order valence-electron chi connectivity index (χ3n) is 1.35. The van der Waals surface area contributed by atoms with Crippen molar-refractivity contribution in [2.75, 3.05) is 33.4 Å². The molecule has 1 amide bonds. The van der Waals surface area contributed by atoms with Crippen LogP contribution in [-0.4, -0.2) is 55.5 Å². The third-order valence-corrected chi connectivity index (χ3v) is 1.35. The molecule has 0 aliphatic carbocycles. The Morgan fingerprint density at radius 2 is 2.07 bits per heavy atom. The van der Waals surface area contributed by atoms with Gasteiger partial charge in [-0.1, -0.05) is 0 Å². The Labute approximate surface area is 79.3 Å². The molecule has 0 bridgehead atoms. The minimum Gasteiger partial charge on any atom is -0.395 e. The van der Waals surface area contributed by atoms with Gasteiger partial charge in [-0.3, -0.25) is 4.79 Å². The van der Waals surface area contributed by atoms with Crippen LogP contribution in [0.4, 0.5) is 13.2 Å². The summed E-state index contributed by atoms with van der Waals surface area (Å²) in [5.41, 5.74) is 0. The number of carbonyl (C=O) groups is 1. The molecule has 4 nitrogen and oxygen atoms in total. The van der Waals surface area contributed by atoms with Crippen LogP contribution in [0, 0.1) is 0 Å². The molecule has 1 N–H and O–H groups in total. The lowest BCUT2D eigenvalue weighted by Crippen LogP contribution is -2.33. The first-order valence-corrected chi connectivity index (χ1v) is 3.86. The Morgan fingerprint density at radius 1 is 1.50 bits per heavy atom. The minimum absolute atomic E-state index is 0.0776. The van der Waals surface area contributed by atoms with Gasteiger partial charge in [0, 0.05) is 13.6 Å². The highest BCUT2D eigenvalue weighted by molar-refractivity contribution is 5.77. The summed E-state index contributed by atoms with van der Waals surface area (Å²) in [5, 5.41) is 8.43. The van der Waals surface area contributed by atoms with E-state index in [4.69, 9.17) is 5.11 Å². The lowest BCUT2D eigenvalue weighted by atomic mass is 10.5. The van der Waals surface area contributed by atoms with Gasteiger partial charge in [-0.2, -0.15) is 13.2 Å². The minimum atomic E-state index is -4.42. The molecule has 0 unspecified atom stereocenters. The van der Waals surface area contributed by atoms with Gasteiger partial charge in [0.15, 0.2) is 0 Å². The van der Waals surface area contributed by atoms with Crippen LogP contribution in [0.3, 0.4) is 0 Å². The van der Waals surface area contributed by atoms with Crippen LogP contribution >= 0.6 is 0 Å². The average molecular weight is 215 g/mol. The fraction of sp³-hybridized carbons (Fsp3) is 0.857. The number of nitrogens with zero attached hydrogens (tertiary/aromatic N) is 1. The Hall–Kier alpha value is -0.820. The highest BCUT2D eigenvalue weighted by Crippen LogP contribution is 2.14. The average Bonchev–Trinajstić information content (AvgIpc) is 2.02. The number of hydrogen-bond donors (Lipinski definition) is 1. The number of likely N-dealkylation sites (N-methyl/N-ethyl adjacent to an activating group) is 1. The van der Waals surface area contributed by atoms with Crippen LogP contribution in [0.2, 0.25) is 0 Å². The van der Waals surface area contributed by atoms with E-state index in [1.54, 1.807) is 0 Å². The second-order valence-corrected chi connectivity index (χ2v) is 2.65. The quantitative estimate of drug-likeness (QED) is 0.703. The highest BCUT2D eigenvalue weighted by atomic mass is 19.4. The second kappa shape index (κ2) is 5.82. The zero-order valence-corrected chi connectivity index (χ0v) is 7.67. The summed E-state index contributed by atoms with van der Waals surface area (Å²) in [6.45, 7) is -2.22. The molecule has 0 aromatic heterocycles. The number of alkyl halides is 3. The van der Waals surface area contributed by atoms with Crippen molar-refractivity contribution in [3.8, 4) is 0 Å². The van der Waals surface area contributed by atoms with Crippen molar-refractivity contribution in [1.29, 1.82) is 0 Å². The Bertz CT molecular complexity index is 184. The zero-order valence-electron chi connectivity index (χ0n) is 7.67. The molecule has 0 saturated carbocycles. The predicted molar refractivity (Wildman–Crippen MR) is 41.6 cm³/mol. The number of rotatable bonds is 5. The number of aliphatic hydroxyl groups is 1. The van der Waals surface area contributed by atoms with E-state index in [9.17, 15) is 18.0 Å². The molecule has 0 aromatic rings. The first kappa shape index (κ1) is 13.2. The van der Waals surface area contributed by atoms with Gasteiger partial charge in [0.25, 0.3) is 0 Å². The molecule has 0 heterocycles. The molecular formula is C7H12F3NO3. The molecule has 0 aliphatic heterocycles. The summed E-state index contributed by atoms with van der Waals surface area (Å²) in [5.74, 6) is -0.594. The van der Waals surface area contributed by atoms with Crippen molar-refractivity contribution in [3.63, 3.8) is 0 Å². The third kappa shape index (κ3) is 6.67. The molecular weight excluding hydrogens is 203 g/mol. The maximum absolute atomic E-state index is 11.6. The maximum atomic E-state index is 11.6. The Balaban J connectivity index is 3.64. The van der Waals surface area contributed by atoms with Crippen molar-refractivity contribution in [3.05, 3.63) is 0 Å². The summed E-state index contributed by atoms with van der Waals surface area (Å²) in [6.07, 6.45) is -4.42. The van der Waals surface area contributed by atoms with Crippen molar-refractivity contribution in [2.45, 2.75) is 6.18 Å². The van der Waals surface area contributed by atoms with Crippen molar-refractivity contribution in [1.82, 2.24) is 4.90 Å². The standard InChI is InChI=1S/C7H12F3NO3/c1-11(2-3-12)6(13)4-14-5-7(8,9)10/h12H,2-5H2,1H3. The smallest absolute Gasteiger partial charge is 0.395 e. The fourth-order valence-electron chi connectivity index (χ4n) is 0.639. The van der Waals surface area contributed by atoms with E-state index in [1.165, 1.54) is 7.05 Å². The number of aliphatic hydroxyl groups excluding tert-OH is 1. The second-order valence-electron chi connectivity index (χ2n) is 2.65. The monoisotopic (exact) mass is 215 g/mol. The zero-order chi connectivity index (χ0) is 11.2. The van der Waals surface area contributed by atoms with Gasteiger partial charge in [0.2, 0.25) is 5.91 Å². The lowest BCUT2D eigenvalue weighted by molar-refractivity contribution is -0.177. The van der Waals surface area contributed by atoms with Gasteiger partial charge < -0.3 is 14.7 Å². The first-order valence-electron chi connectivity index (χ1n) is 3.86.